The largest absolute Gasteiger partial charge is 0.102 e. The zero-order valence-electron chi connectivity index (χ0n) is 10.1. The molecule has 0 N–H and O–H groups in total. The molecule has 1 rings (SSSR count). The Morgan fingerprint density at radius 1 is 1.19 bits per heavy atom. The predicted molar refractivity (Wildman–Crippen MR) is 73.1 cm³/mol. The summed E-state index contributed by atoms with van der Waals surface area (Å²) in [5.74, 6) is 0.481. The van der Waals surface area contributed by atoms with Gasteiger partial charge < -0.3 is 0 Å². The van der Waals surface area contributed by atoms with E-state index in [1.54, 1.807) is 0 Å². The van der Waals surface area contributed by atoms with Crippen LogP contribution in [0.1, 0.15) is 50.5 Å². The van der Waals surface area contributed by atoms with Crippen LogP contribution in [0.3, 0.4) is 0 Å². The first-order valence-electron chi connectivity index (χ1n) is 6.16. The third kappa shape index (κ3) is 4.40. The standard InChI is InChI=1S/C15H21Cl/c1-3-5-6-7-8-13(4-2)14-9-11-15(16)12-10-14/h4,9-13H,2-3,5-8H2,1H3/t13-/m1/s1. The van der Waals surface area contributed by atoms with Crippen LogP contribution in [0.4, 0.5) is 0 Å². The van der Waals surface area contributed by atoms with E-state index in [0.29, 0.717) is 5.92 Å². The van der Waals surface area contributed by atoms with E-state index in [4.69, 9.17) is 11.6 Å². The summed E-state index contributed by atoms with van der Waals surface area (Å²) in [6.45, 7) is 6.17. The van der Waals surface area contributed by atoms with Crippen molar-refractivity contribution in [2.45, 2.75) is 44.9 Å². The monoisotopic (exact) mass is 236 g/mol. The van der Waals surface area contributed by atoms with Gasteiger partial charge >= 0.3 is 0 Å². The van der Waals surface area contributed by atoms with Gasteiger partial charge in [-0.25, -0.2) is 0 Å². The molecule has 16 heavy (non-hydrogen) atoms. The first-order valence-corrected chi connectivity index (χ1v) is 6.53. The molecule has 0 nitrogen and oxygen atoms in total. The Labute approximate surface area is 104 Å². The van der Waals surface area contributed by atoms with Crippen molar-refractivity contribution in [2.75, 3.05) is 0 Å². The third-order valence-electron chi connectivity index (χ3n) is 2.95. The van der Waals surface area contributed by atoms with Gasteiger partial charge in [-0.2, -0.15) is 0 Å². The molecule has 1 atom stereocenters. The van der Waals surface area contributed by atoms with Gasteiger partial charge in [0.15, 0.2) is 0 Å². The fraction of sp³-hybridized carbons (Fsp3) is 0.467. The van der Waals surface area contributed by atoms with Gasteiger partial charge in [-0.15, -0.1) is 6.58 Å². The molecule has 0 fully saturated rings. The van der Waals surface area contributed by atoms with Crippen molar-refractivity contribution in [1.82, 2.24) is 0 Å². The molecule has 1 heteroatoms. The molecule has 0 saturated heterocycles. The Balaban J connectivity index is 2.47. The summed E-state index contributed by atoms with van der Waals surface area (Å²) in [5, 5.41) is 0.803. The first-order chi connectivity index (χ1) is 7.77. The molecule has 0 aliphatic carbocycles. The Bertz CT molecular complexity index is 300. The molecule has 0 spiro atoms. The second-order valence-electron chi connectivity index (χ2n) is 4.24. The average molecular weight is 237 g/mol. The molecule has 0 saturated carbocycles. The number of halogens is 1. The van der Waals surface area contributed by atoms with E-state index >= 15 is 0 Å². The molecule has 0 amide bonds. The molecule has 88 valence electrons. The average Bonchev–Trinajstić information content (AvgIpc) is 2.31. The topological polar surface area (TPSA) is 0 Å². The first kappa shape index (κ1) is 13.3. The lowest BCUT2D eigenvalue weighted by Crippen LogP contribution is -1.94. The van der Waals surface area contributed by atoms with E-state index in [9.17, 15) is 0 Å². The van der Waals surface area contributed by atoms with Crippen LogP contribution in [0.15, 0.2) is 36.9 Å². The summed E-state index contributed by atoms with van der Waals surface area (Å²) in [6, 6.07) is 8.13. The summed E-state index contributed by atoms with van der Waals surface area (Å²) in [6.07, 6.45) is 8.49. The highest BCUT2D eigenvalue weighted by Crippen LogP contribution is 2.24. The predicted octanol–water partition coefficient (Wildman–Crippen LogP) is 5.58. The van der Waals surface area contributed by atoms with Crippen LogP contribution in [-0.4, -0.2) is 0 Å². The summed E-state index contributed by atoms with van der Waals surface area (Å²) in [5.41, 5.74) is 1.33. The minimum absolute atomic E-state index is 0.481. The lowest BCUT2D eigenvalue weighted by Gasteiger charge is -2.12. The highest BCUT2D eigenvalue weighted by molar-refractivity contribution is 6.30. The number of hydrogen-bond donors (Lipinski definition) is 0. The van der Waals surface area contributed by atoms with Crippen molar-refractivity contribution < 1.29 is 0 Å². The van der Waals surface area contributed by atoms with Gasteiger partial charge in [-0.3, -0.25) is 0 Å². The van der Waals surface area contributed by atoms with Crippen LogP contribution in [-0.2, 0) is 0 Å². The molecular weight excluding hydrogens is 216 g/mol. The van der Waals surface area contributed by atoms with Gasteiger partial charge in [0, 0.05) is 10.9 Å². The number of hydrogen-bond acceptors (Lipinski definition) is 0. The maximum absolute atomic E-state index is 5.88. The Morgan fingerprint density at radius 3 is 2.44 bits per heavy atom. The van der Waals surface area contributed by atoms with Crippen molar-refractivity contribution in [3.8, 4) is 0 Å². The van der Waals surface area contributed by atoms with Crippen LogP contribution in [0, 0.1) is 0 Å². The second kappa shape index (κ2) is 7.51. The zero-order chi connectivity index (χ0) is 11.8. The van der Waals surface area contributed by atoms with Crippen molar-refractivity contribution in [3.63, 3.8) is 0 Å². The quantitative estimate of drug-likeness (QED) is 0.428. The van der Waals surface area contributed by atoms with Crippen molar-refractivity contribution in [2.24, 2.45) is 0 Å². The molecule has 1 aromatic rings. The molecule has 0 radical (unpaired) electrons. The minimum Gasteiger partial charge on any atom is -0.102 e. The van der Waals surface area contributed by atoms with Gasteiger partial charge in [-0.1, -0.05) is 62.4 Å². The molecule has 0 aliphatic rings. The Morgan fingerprint density at radius 2 is 1.88 bits per heavy atom. The van der Waals surface area contributed by atoms with E-state index in [1.165, 1.54) is 37.7 Å². The normalized spacial score (nSPS) is 12.4. The number of benzene rings is 1. The highest BCUT2D eigenvalue weighted by atomic mass is 35.5. The maximum atomic E-state index is 5.88. The highest BCUT2D eigenvalue weighted by Gasteiger charge is 2.06. The van der Waals surface area contributed by atoms with E-state index in [1.807, 2.05) is 12.1 Å². The second-order valence-corrected chi connectivity index (χ2v) is 4.68. The SMILES string of the molecule is C=C[C@H](CCCCCC)c1ccc(Cl)cc1. The van der Waals surface area contributed by atoms with E-state index in [-0.39, 0.29) is 0 Å². The van der Waals surface area contributed by atoms with E-state index < -0.39 is 0 Å². The Kier molecular flexibility index (Phi) is 6.25. The van der Waals surface area contributed by atoms with Crippen LogP contribution in [0.5, 0.6) is 0 Å². The van der Waals surface area contributed by atoms with Crippen LogP contribution in [0.25, 0.3) is 0 Å². The van der Waals surface area contributed by atoms with Crippen LogP contribution >= 0.6 is 11.6 Å². The van der Waals surface area contributed by atoms with Gasteiger partial charge in [0.05, 0.1) is 0 Å². The van der Waals surface area contributed by atoms with Gasteiger partial charge in [0.1, 0.15) is 0 Å². The third-order valence-corrected chi connectivity index (χ3v) is 3.20. The lowest BCUT2D eigenvalue weighted by molar-refractivity contribution is 0.604. The molecule has 0 unspecified atom stereocenters. The van der Waals surface area contributed by atoms with Crippen molar-refractivity contribution in [3.05, 3.63) is 47.5 Å². The fourth-order valence-corrected chi connectivity index (χ4v) is 2.05. The summed E-state index contributed by atoms with van der Waals surface area (Å²) in [7, 11) is 0. The zero-order valence-corrected chi connectivity index (χ0v) is 10.8. The molecule has 0 heterocycles. The van der Waals surface area contributed by atoms with E-state index in [2.05, 4.69) is 31.7 Å². The van der Waals surface area contributed by atoms with Crippen molar-refractivity contribution in [1.29, 1.82) is 0 Å². The molecule has 0 bridgehead atoms. The summed E-state index contributed by atoms with van der Waals surface area (Å²) < 4.78 is 0. The smallest absolute Gasteiger partial charge is 0.0406 e. The number of unbranched alkanes of at least 4 members (excludes halogenated alkanes) is 3. The lowest BCUT2D eigenvalue weighted by atomic mass is 9.93. The van der Waals surface area contributed by atoms with Crippen LogP contribution < -0.4 is 0 Å². The van der Waals surface area contributed by atoms with Gasteiger partial charge in [0.2, 0.25) is 0 Å². The Hall–Kier alpha value is -0.750. The maximum Gasteiger partial charge on any atom is 0.0406 e. The summed E-state index contributed by atoms with van der Waals surface area (Å²) in [4.78, 5) is 0. The molecule has 0 aliphatic heterocycles. The summed E-state index contributed by atoms with van der Waals surface area (Å²) >= 11 is 5.88. The molecule has 0 aromatic heterocycles. The van der Waals surface area contributed by atoms with E-state index in [0.717, 1.165) is 5.02 Å². The minimum atomic E-state index is 0.481. The van der Waals surface area contributed by atoms with Crippen LogP contribution in [0.2, 0.25) is 5.02 Å². The van der Waals surface area contributed by atoms with Gasteiger partial charge in [-0.05, 0) is 24.1 Å². The molecular formula is C15H21Cl. The fourth-order valence-electron chi connectivity index (χ4n) is 1.92. The number of allylic oxidation sites excluding steroid dienone is 1. The molecule has 1 aromatic carbocycles. The van der Waals surface area contributed by atoms with Crippen molar-refractivity contribution >= 4 is 11.6 Å². The van der Waals surface area contributed by atoms with Gasteiger partial charge in [0.25, 0.3) is 0 Å². The number of rotatable bonds is 7.